The van der Waals surface area contributed by atoms with Gasteiger partial charge in [0.05, 0.1) is 37.2 Å². The number of aromatic nitrogens is 1. The fourth-order valence-electron chi connectivity index (χ4n) is 2.91. The molecule has 140 valence electrons. The number of amides is 1. The van der Waals surface area contributed by atoms with Crippen molar-refractivity contribution in [2.45, 2.75) is 38.0 Å². The van der Waals surface area contributed by atoms with E-state index >= 15 is 0 Å². The molecule has 2 aliphatic heterocycles. The Morgan fingerprint density at radius 1 is 1.36 bits per heavy atom. The molecular formula is C15H23N3O5S2. The van der Waals surface area contributed by atoms with E-state index in [9.17, 15) is 13.2 Å². The zero-order chi connectivity index (χ0) is 17.9. The minimum absolute atomic E-state index is 0.163. The Labute approximate surface area is 151 Å². The van der Waals surface area contributed by atoms with E-state index in [0.717, 1.165) is 18.0 Å². The lowest BCUT2D eigenvalue weighted by Gasteiger charge is -2.19. The van der Waals surface area contributed by atoms with E-state index < -0.39 is 10.0 Å². The van der Waals surface area contributed by atoms with Gasteiger partial charge < -0.3 is 14.8 Å². The number of rotatable bonds is 6. The van der Waals surface area contributed by atoms with Crippen LogP contribution in [0, 0.1) is 0 Å². The number of ether oxygens (including phenoxy) is 2. The molecule has 2 fully saturated rings. The third kappa shape index (κ3) is 4.56. The summed E-state index contributed by atoms with van der Waals surface area (Å²) in [5.41, 5.74) is 0. The largest absolute Gasteiger partial charge is 0.372 e. The molecule has 0 aliphatic carbocycles. The molecule has 1 N–H and O–H groups in total. The van der Waals surface area contributed by atoms with Crippen molar-refractivity contribution in [1.29, 1.82) is 0 Å². The second kappa shape index (κ2) is 8.09. The molecule has 2 aliphatic rings. The SMILES string of the molecule is CCCCS(=O)(=O)N1C[C@@H]2OCC(NC(=O)c3ccns3)CO[C@H]2C1. The van der Waals surface area contributed by atoms with Gasteiger partial charge in [0.25, 0.3) is 5.91 Å². The van der Waals surface area contributed by atoms with Crippen molar-refractivity contribution in [3.63, 3.8) is 0 Å². The molecule has 25 heavy (non-hydrogen) atoms. The molecule has 8 nitrogen and oxygen atoms in total. The van der Waals surface area contributed by atoms with E-state index in [2.05, 4.69) is 9.69 Å². The number of hydrogen-bond acceptors (Lipinski definition) is 7. The van der Waals surface area contributed by atoms with Gasteiger partial charge in [0.1, 0.15) is 4.88 Å². The standard InChI is InChI=1S/C15H23N3O5S2/c1-2-3-6-25(20,21)18-7-12-13(8-18)23-10-11(9-22-12)17-15(19)14-4-5-16-24-14/h4-5,11-13H,2-3,6-10H2,1H3,(H,17,19)/t12-,13-/m0/s1. The molecule has 2 saturated heterocycles. The van der Waals surface area contributed by atoms with Crippen LogP contribution in [-0.4, -0.2) is 73.3 Å². The zero-order valence-electron chi connectivity index (χ0n) is 14.1. The number of hydrogen-bond donors (Lipinski definition) is 1. The van der Waals surface area contributed by atoms with Crippen LogP contribution in [0.15, 0.2) is 12.3 Å². The molecule has 3 rings (SSSR count). The van der Waals surface area contributed by atoms with E-state index in [0.29, 0.717) is 37.6 Å². The Morgan fingerprint density at radius 2 is 2.04 bits per heavy atom. The summed E-state index contributed by atoms with van der Waals surface area (Å²) < 4.78 is 41.7. The van der Waals surface area contributed by atoms with Gasteiger partial charge in [-0.25, -0.2) is 12.8 Å². The third-order valence-electron chi connectivity index (χ3n) is 4.35. The molecule has 3 heterocycles. The van der Waals surface area contributed by atoms with Gasteiger partial charge >= 0.3 is 0 Å². The lowest BCUT2D eigenvalue weighted by atomic mass is 10.3. The highest BCUT2D eigenvalue weighted by Gasteiger charge is 2.41. The molecular weight excluding hydrogens is 366 g/mol. The molecule has 10 heteroatoms. The van der Waals surface area contributed by atoms with Crippen LogP contribution in [-0.2, 0) is 19.5 Å². The van der Waals surface area contributed by atoms with Crippen molar-refractivity contribution < 1.29 is 22.7 Å². The van der Waals surface area contributed by atoms with Gasteiger partial charge in [0.2, 0.25) is 10.0 Å². The summed E-state index contributed by atoms with van der Waals surface area (Å²) in [4.78, 5) is 12.6. The molecule has 0 spiro atoms. The molecule has 0 aromatic carbocycles. The topological polar surface area (TPSA) is 97.8 Å². The molecule has 1 aromatic rings. The average Bonchev–Trinajstić information content (AvgIpc) is 3.22. The Kier molecular flexibility index (Phi) is 6.05. The van der Waals surface area contributed by atoms with Gasteiger partial charge in [0, 0.05) is 19.3 Å². The number of carbonyl (C=O) groups is 1. The fourth-order valence-corrected chi connectivity index (χ4v) is 5.07. The lowest BCUT2D eigenvalue weighted by Crippen LogP contribution is -2.41. The maximum absolute atomic E-state index is 12.3. The highest BCUT2D eigenvalue weighted by Crippen LogP contribution is 2.23. The van der Waals surface area contributed by atoms with Crippen LogP contribution in [0.5, 0.6) is 0 Å². The lowest BCUT2D eigenvalue weighted by molar-refractivity contribution is -0.00461. The van der Waals surface area contributed by atoms with Gasteiger partial charge in [-0.3, -0.25) is 4.79 Å². The van der Waals surface area contributed by atoms with Crippen molar-refractivity contribution >= 4 is 27.5 Å². The highest BCUT2D eigenvalue weighted by atomic mass is 32.2. The van der Waals surface area contributed by atoms with E-state index in [-0.39, 0.29) is 29.9 Å². The molecule has 1 aromatic heterocycles. The molecule has 0 unspecified atom stereocenters. The van der Waals surface area contributed by atoms with E-state index in [1.54, 1.807) is 12.3 Å². The van der Waals surface area contributed by atoms with Gasteiger partial charge in [-0.15, -0.1) is 0 Å². The second-order valence-corrected chi connectivity index (χ2v) is 9.20. The van der Waals surface area contributed by atoms with E-state index in [4.69, 9.17) is 9.47 Å². The first-order valence-electron chi connectivity index (χ1n) is 8.42. The summed E-state index contributed by atoms with van der Waals surface area (Å²) in [5, 5.41) is 2.87. The van der Waals surface area contributed by atoms with Crippen LogP contribution >= 0.6 is 11.5 Å². The summed E-state index contributed by atoms with van der Waals surface area (Å²) in [6, 6.07) is 1.40. The van der Waals surface area contributed by atoms with Crippen LogP contribution in [0.4, 0.5) is 0 Å². The number of sulfonamides is 1. The number of nitrogens with one attached hydrogen (secondary N) is 1. The van der Waals surface area contributed by atoms with Crippen LogP contribution in [0.1, 0.15) is 29.4 Å². The van der Waals surface area contributed by atoms with Gasteiger partial charge in [0.15, 0.2) is 0 Å². The number of nitrogens with zero attached hydrogens (tertiary/aromatic N) is 2. The predicted molar refractivity (Wildman–Crippen MR) is 93.1 cm³/mol. The Bertz CT molecular complexity index is 663. The number of fused-ring (bicyclic) bond motifs is 1. The van der Waals surface area contributed by atoms with E-state index in [1.807, 2.05) is 6.92 Å². The van der Waals surface area contributed by atoms with Crippen LogP contribution in [0.2, 0.25) is 0 Å². The first-order chi connectivity index (χ1) is 12.0. The Hall–Kier alpha value is -1.07. The first-order valence-corrected chi connectivity index (χ1v) is 10.8. The van der Waals surface area contributed by atoms with Crippen molar-refractivity contribution in [1.82, 2.24) is 14.0 Å². The summed E-state index contributed by atoms with van der Waals surface area (Å²) in [5.74, 6) is -0.0354. The van der Waals surface area contributed by atoms with Crippen LogP contribution in [0.3, 0.4) is 0 Å². The van der Waals surface area contributed by atoms with Crippen molar-refractivity contribution in [2.24, 2.45) is 0 Å². The minimum Gasteiger partial charge on any atom is -0.372 e. The van der Waals surface area contributed by atoms with Crippen LogP contribution in [0.25, 0.3) is 0 Å². The molecule has 1 amide bonds. The number of carbonyl (C=O) groups excluding carboxylic acids is 1. The van der Waals surface area contributed by atoms with Crippen LogP contribution < -0.4 is 5.32 Å². The van der Waals surface area contributed by atoms with Gasteiger partial charge in [-0.1, -0.05) is 13.3 Å². The zero-order valence-corrected chi connectivity index (χ0v) is 15.7. The Morgan fingerprint density at radius 3 is 2.60 bits per heavy atom. The molecule has 0 radical (unpaired) electrons. The molecule has 0 bridgehead atoms. The smallest absolute Gasteiger partial charge is 0.263 e. The summed E-state index contributed by atoms with van der Waals surface area (Å²) >= 11 is 1.13. The first kappa shape index (κ1) is 18.7. The maximum atomic E-state index is 12.3. The normalized spacial score (nSPS) is 25.5. The summed E-state index contributed by atoms with van der Waals surface area (Å²) in [6.07, 6.45) is 2.50. The highest BCUT2D eigenvalue weighted by molar-refractivity contribution is 7.89. The second-order valence-electron chi connectivity index (χ2n) is 6.28. The van der Waals surface area contributed by atoms with Crippen molar-refractivity contribution in [3.8, 4) is 0 Å². The average molecular weight is 389 g/mol. The third-order valence-corrected chi connectivity index (χ3v) is 6.99. The quantitative estimate of drug-likeness (QED) is 0.760. The summed E-state index contributed by atoms with van der Waals surface area (Å²) in [6.45, 7) is 3.19. The molecule has 2 atom stereocenters. The molecule has 0 saturated carbocycles. The van der Waals surface area contributed by atoms with E-state index in [1.165, 1.54) is 4.31 Å². The Balaban J connectivity index is 1.53. The maximum Gasteiger partial charge on any atom is 0.263 e. The number of unbranched alkanes of at least 4 members (excludes halogenated alkanes) is 1. The van der Waals surface area contributed by atoms with Gasteiger partial charge in [-0.05, 0) is 24.0 Å². The monoisotopic (exact) mass is 389 g/mol. The predicted octanol–water partition coefficient (Wildman–Crippen LogP) is 0.471. The minimum atomic E-state index is -3.26. The van der Waals surface area contributed by atoms with Crippen molar-refractivity contribution in [2.75, 3.05) is 32.1 Å². The fraction of sp³-hybridized carbons (Fsp3) is 0.733. The van der Waals surface area contributed by atoms with Crippen molar-refractivity contribution in [3.05, 3.63) is 17.1 Å². The summed E-state index contributed by atoms with van der Waals surface area (Å²) in [7, 11) is -3.26. The van der Waals surface area contributed by atoms with Gasteiger partial charge in [-0.2, -0.15) is 4.31 Å².